The van der Waals surface area contributed by atoms with Crippen LogP contribution in [0.3, 0.4) is 0 Å². The number of primary sulfonamides is 1. The van der Waals surface area contributed by atoms with Crippen molar-refractivity contribution in [3.05, 3.63) is 60.3 Å². The third-order valence-electron chi connectivity index (χ3n) is 5.00. The zero-order valence-corrected chi connectivity index (χ0v) is 18.5. The second-order valence-electron chi connectivity index (χ2n) is 7.00. The van der Waals surface area contributed by atoms with Gasteiger partial charge >= 0.3 is 0 Å². The van der Waals surface area contributed by atoms with Gasteiger partial charge in [-0.3, -0.25) is 4.79 Å². The molecule has 10 heteroatoms. The Balaban J connectivity index is 1.80. The summed E-state index contributed by atoms with van der Waals surface area (Å²) in [7, 11) is -2.22. The largest absolute Gasteiger partial charge is 0.497 e. The van der Waals surface area contributed by atoms with Crippen molar-refractivity contribution in [2.24, 2.45) is 5.14 Å². The molecule has 0 radical (unpaired) electrons. The first kappa shape index (κ1) is 21.4. The molecule has 0 bridgehead atoms. The first-order valence-corrected chi connectivity index (χ1v) is 12.3. The minimum Gasteiger partial charge on any atom is -0.497 e. The van der Waals surface area contributed by atoms with Gasteiger partial charge in [-0.1, -0.05) is 12.1 Å². The molecule has 0 unspecified atom stereocenters. The lowest BCUT2D eigenvalue weighted by Gasteiger charge is -2.25. The van der Waals surface area contributed by atoms with Gasteiger partial charge in [-0.25, -0.2) is 18.2 Å². The van der Waals surface area contributed by atoms with Crippen molar-refractivity contribution in [2.75, 3.05) is 31.7 Å². The van der Waals surface area contributed by atoms with Gasteiger partial charge in [0.2, 0.25) is 10.0 Å². The van der Waals surface area contributed by atoms with Crippen LogP contribution in [0.1, 0.15) is 10.5 Å². The van der Waals surface area contributed by atoms with Crippen LogP contribution >= 0.6 is 11.8 Å². The van der Waals surface area contributed by atoms with E-state index in [1.165, 1.54) is 12.1 Å². The molecule has 1 aliphatic heterocycles. The van der Waals surface area contributed by atoms with Crippen LogP contribution in [-0.2, 0) is 10.0 Å². The second-order valence-corrected chi connectivity index (χ2v) is 9.79. The van der Waals surface area contributed by atoms with Crippen LogP contribution in [0.4, 0.5) is 0 Å². The molecule has 0 atom stereocenters. The standard InChI is InChI=1S/C21H22N4O4S2/c1-29-17-4-2-3-15(13-17)20-14-19(21(26)24-9-11-30-12-10-24)23-25(20)16-5-7-18(8-6-16)31(22,27)28/h2-8,13-14H,9-12H2,1H3,(H2,22,27,28). The fourth-order valence-corrected chi connectivity index (χ4v) is 4.79. The first-order chi connectivity index (χ1) is 14.9. The molecule has 0 aliphatic carbocycles. The number of carbonyl (C=O) groups excluding carboxylic acids is 1. The molecule has 3 aromatic rings. The Bertz CT molecular complexity index is 1200. The molecule has 8 nitrogen and oxygen atoms in total. The number of methoxy groups -OCH3 is 1. The smallest absolute Gasteiger partial charge is 0.274 e. The molecular formula is C21H22N4O4S2. The monoisotopic (exact) mass is 458 g/mol. The lowest BCUT2D eigenvalue weighted by molar-refractivity contribution is 0.0766. The summed E-state index contributed by atoms with van der Waals surface area (Å²) in [5.41, 5.74) is 2.45. The Morgan fingerprint density at radius 1 is 1.10 bits per heavy atom. The van der Waals surface area contributed by atoms with E-state index in [1.54, 1.807) is 30.0 Å². The predicted molar refractivity (Wildman–Crippen MR) is 120 cm³/mol. The number of aromatic nitrogens is 2. The van der Waals surface area contributed by atoms with Gasteiger partial charge in [-0.05, 0) is 42.5 Å². The molecule has 4 rings (SSSR count). The summed E-state index contributed by atoms with van der Waals surface area (Å²) in [6.07, 6.45) is 0. The molecule has 0 saturated carbocycles. The Hall–Kier alpha value is -2.82. The summed E-state index contributed by atoms with van der Waals surface area (Å²) < 4.78 is 30.2. The minimum absolute atomic E-state index is 0.00783. The highest BCUT2D eigenvalue weighted by Crippen LogP contribution is 2.28. The molecule has 2 heterocycles. The number of thioether (sulfide) groups is 1. The van der Waals surface area contributed by atoms with Gasteiger partial charge in [-0.2, -0.15) is 16.9 Å². The topological polar surface area (TPSA) is 108 Å². The number of nitrogens with zero attached hydrogens (tertiary/aromatic N) is 3. The first-order valence-electron chi connectivity index (χ1n) is 9.61. The SMILES string of the molecule is COc1cccc(-c2cc(C(=O)N3CCSCC3)nn2-c2ccc(S(N)(=O)=O)cc2)c1. The van der Waals surface area contributed by atoms with Crippen LogP contribution in [0.25, 0.3) is 16.9 Å². The van der Waals surface area contributed by atoms with E-state index in [9.17, 15) is 13.2 Å². The highest BCUT2D eigenvalue weighted by atomic mass is 32.2. The normalized spacial score (nSPS) is 14.5. The highest BCUT2D eigenvalue weighted by Gasteiger charge is 2.23. The average Bonchev–Trinajstić information content (AvgIpc) is 3.24. The van der Waals surface area contributed by atoms with Crippen molar-refractivity contribution >= 4 is 27.7 Å². The molecule has 31 heavy (non-hydrogen) atoms. The van der Waals surface area contributed by atoms with Crippen molar-refractivity contribution < 1.29 is 17.9 Å². The third-order valence-corrected chi connectivity index (χ3v) is 6.87. The average molecular weight is 459 g/mol. The minimum atomic E-state index is -3.80. The molecule has 1 amide bonds. The van der Waals surface area contributed by atoms with Crippen molar-refractivity contribution in [1.82, 2.24) is 14.7 Å². The maximum Gasteiger partial charge on any atom is 0.274 e. The summed E-state index contributed by atoms with van der Waals surface area (Å²) >= 11 is 1.83. The van der Waals surface area contributed by atoms with Gasteiger partial charge in [0.15, 0.2) is 5.69 Å². The molecule has 2 aromatic carbocycles. The molecule has 2 N–H and O–H groups in total. The fourth-order valence-electron chi connectivity index (χ4n) is 3.38. The molecular weight excluding hydrogens is 436 g/mol. The van der Waals surface area contributed by atoms with E-state index >= 15 is 0 Å². The number of benzene rings is 2. The maximum absolute atomic E-state index is 13.1. The second kappa shape index (κ2) is 8.74. The Morgan fingerprint density at radius 3 is 2.45 bits per heavy atom. The molecule has 1 aromatic heterocycles. The van der Waals surface area contributed by atoms with Crippen LogP contribution < -0.4 is 9.88 Å². The third kappa shape index (κ3) is 4.60. The van der Waals surface area contributed by atoms with Crippen LogP contribution in [0.2, 0.25) is 0 Å². The lowest BCUT2D eigenvalue weighted by atomic mass is 10.1. The summed E-state index contributed by atoms with van der Waals surface area (Å²) in [6.45, 7) is 1.38. The van der Waals surface area contributed by atoms with Gasteiger partial charge in [-0.15, -0.1) is 0 Å². The van der Waals surface area contributed by atoms with E-state index in [4.69, 9.17) is 9.88 Å². The molecule has 1 saturated heterocycles. The van der Waals surface area contributed by atoms with Crippen molar-refractivity contribution in [3.8, 4) is 22.7 Å². The van der Waals surface area contributed by atoms with Crippen LogP contribution in [-0.4, -0.2) is 60.7 Å². The number of amides is 1. The van der Waals surface area contributed by atoms with E-state index in [0.29, 0.717) is 35.9 Å². The van der Waals surface area contributed by atoms with E-state index in [-0.39, 0.29) is 10.8 Å². The molecule has 1 fully saturated rings. The number of ether oxygens (including phenoxy) is 1. The number of hydrogen-bond donors (Lipinski definition) is 1. The van der Waals surface area contributed by atoms with Crippen molar-refractivity contribution in [2.45, 2.75) is 4.90 Å². The van der Waals surface area contributed by atoms with Crippen molar-refractivity contribution in [3.63, 3.8) is 0 Å². The zero-order valence-electron chi connectivity index (χ0n) is 16.9. The summed E-state index contributed by atoms with van der Waals surface area (Å²) in [5, 5.41) is 9.79. The molecule has 0 spiro atoms. The van der Waals surface area contributed by atoms with Crippen LogP contribution in [0.5, 0.6) is 5.75 Å². The lowest BCUT2D eigenvalue weighted by Crippen LogP contribution is -2.38. The van der Waals surface area contributed by atoms with Gasteiger partial charge in [0.1, 0.15) is 5.75 Å². The number of sulfonamides is 1. The zero-order chi connectivity index (χ0) is 22.0. The predicted octanol–water partition coefficient (Wildman–Crippen LogP) is 2.38. The van der Waals surface area contributed by atoms with Gasteiger partial charge in [0.05, 0.1) is 23.4 Å². The van der Waals surface area contributed by atoms with Gasteiger partial charge in [0.25, 0.3) is 5.91 Å². The fraction of sp³-hybridized carbons (Fsp3) is 0.238. The quantitative estimate of drug-likeness (QED) is 0.629. The summed E-state index contributed by atoms with van der Waals surface area (Å²) in [6, 6.07) is 15.3. The Labute approximate surface area is 185 Å². The van der Waals surface area contributed by atoms with Crippen molar-refractivity contribution in [1.29, 1.82) is 0 Å². The van der Waals surface area contributed by atoms with Crippen LogP contribution in [0.15, 0.2) is 59.5 Å². The molecule has 1 aliphatic rings. The number of hydrogen-bond acceptors (Lipinski definition) is 6. The van der Waals surface area contributed by atoms with Gasteiger partial charge < -0.3 is 9.64 Å². The van der Waals surface area contributed by atoms with Crippen LogP contribution in [0, 0.1) is 0 Å². The van der Waals surface area contributed by atoms with E-state index < -0.39 is 10.0 Å². The van der Waals surface area contributed by atoms with E-state index in [0.717, 1.165) is 17.1 Å². The van der Waals surface area contributed by atoms with E-state index in [2.05, 4.69) is 5.10 Å². The summed E-state index contributed by atoms with van der Waals surface area (Å²) in [4.78, 5) is 14.9. The molecule has 162 valence electrons. The Morgan fingerprint density at radius 2 is 1.81 bits per heavy atom. The number of carbonyl (C=O) groups is 1. The number of rotatable bonds is 5. The maximum atomic E-state index is 13.1. The Kier molecular flexibility index (Phi) is 6.03. The van der Waals surface area contributed by atoms with Gasteiger partial charge in [0, 0.05) is 30.2 Å². The highest BCUT2D eigenvalue weighted by molar-refractivity contribution is 7.99. The number of nitrogens with two attached hydrogens (primary N) is 1. The van der Waals surface area contributed by atoms with E-state index in [1.807, 2.05) is 40.9 Å². The summed E-state index contributed by atoms with van der Waals surface area (Å²) in [5.74, 6) is 2.37.